The zero-order valence-electron chi connectivity index (χ0n) is 20.9. The smallest absolute Gasteiger partial charge is 0.263 e. The lowest BCUT2D eigenvalue weighted by Gasteiger charge is -2.25. The minimum atomic E-state index is -0.202. The zero-order valence-corrected chi connectivity index (χ0v) is 21.7. The summed E-state index contributed by atoms with van der Waals surface area (Å²) in [6.45, 7) is 6.31. The average Bonchev–Trinajstić information content (AvgIpc) is 3.24. The summed E-state index contributed by atoms with van der Waals surface area (Å²) in [7, 11) is 0. The molecule has 0 saturated heterocycles. The molecule has 7 heteroatoms. The van der Waals surface area contributed by atoms with Crippen LogP contribution in [-0.4, -0.2) is 29.4 Å². The van der Waals surface area contributed by atoms with Crippen molar-refractivity contribution >= 4 is 55.5 Å². The van der Waals surface area contributed by atoms with Gasteiger partial charge in [-0.2, -0.15) is 0 Å². The van der Waals surface area contributed by atoms with Crippen molar-refractivity contribution in [2.45, 2.75) is 51.0 Å². The highest BCUT2D eigenvalue weighted by Gasteiger charge is 2.25. The first kappa shape index (κ1) is 23.7. The summed E-state index contributed by atoms with van der Waals surface area (Å²) in [6, 6.07) is 14.6. The third-order valence-corrected chi connectivity index (χ3v) is 8.68. The Kier molecular flexibility index (Phi) is 6.16. The van der Waals surface area contributed by atoms with Gasteiger partial charge in [-0.1, -0.05) is 38.0 Å². The van der Waals surface area contributed by atoms with E-state index in [1.807, 2.05) is 31.2 Å². The van der Waals surface area contributed by atoms with Gasteiger partial charge >= 0.3 is 0 Å². The molecule has 2 aromatic carbocycles. The van der Waals surface area contributed by atoms with E-state index < -0.39 is 0 Å². The van der Waals surface area contributed by atoms with Gasteiger partial charge < -0.3 is 16.0 Å². The number of carbonyl (C=O) groups is 2. The number of hydrogen-bond acceptors (Lipinski definition) is 5. The number of anilines is 2. The van der Waals surface area contributed by atoms with Gasteiger partial charge in [0, 0.05) is 39.3 Å². The highest BCUT2D eigenvalue weighted by atomic mass is 32.1. The molecular formula is C30H30N4O2S. The van der Waals surface area contributed by atoms with Crippen molar-refractivity contribution in [3.63, 3.8) is 0 Å². The molecule has 3 heterocycles. The normalized spacial score (nSPS) is 18.1. The summed E-state index contributed by atoms with van der Waals surface area (Å²) < 4.78 is 1.07. The Bertz CT molecular complexity index is 1550. The monoisotopic (exact) mass is 510 g/mol. The van der Waals surface area contributed by atoms with Gasteiger partial charge in [-0.3, -0.25) is 9.59 Å². The number of benzene rings is 2. The van der Waals surface area contributed by atoms with Crippen LogP contribution in [-0.2, 0) is 4.79 Å². The Balaban J connectivity index is 1.43. The second-order valence-corrected chi connectivity index (χ2v) is 11.1. The third-order valence-electron chi connectivity index (χ3n) is 7.53. The number of thiophene rings is 1. The van der Waals surface area contributed by atoms with Crippen LogP contribution < -0.4 is 16.0 Å². The number of nitrogens with one attached hydrogen (secondary N) is 3. The molecule has 6 nitrogen and oxygen atoms in total. The van der Waals surface area contributed by atoms with Gasteiger partial charge in [-0.25, -0.2) is 4.98 Å². The summed E-state index contributed by atoms with van der Waals surface area (Å²) >= 11 is 1.51. The van der Waals surface area contributed by atoms with Crippen molar-refractivity contribution in [2.24, 2.45) is 0 Å². The minimum Gasteiger partial charge on any atom is -0.381 e. The van der Waals surface area contributed by atoms with Crippen molar-refractivity contribution in [2.75, 3.05) is 17.2 Å². The predicted molar refractivity (Wildman–Crippen MR) is 153 cm³/mol. The molecule has 188 valence electrons. The van der Waals surface area contributed by atoms with Crippen LogP contribution in [0.5, 0.6) is 0 Å². The molecule has 2 aliphatic rings. The van der Waals surface area contributed by atoms with Crippen molar-refractivity contribution in [1.29, 1.82) is 0 Å². The number of nitrogens with zero attached hydrogens (tertiary/aromatic N) is 1. The van der Waals surface area contributed by atoms with Gasteiger partial charge in [0.1, 0.15) is 4.88 Å². The standard InChI is InChI=1S/C30H30N4O2S/c1-3-26(35)34-24-15-19(9-10-20(24)18-7-5-4-6-8-18)22-12-11-21-23(33-22)13-14-25-27(21)28-29(37-25)30(36)32-17(2)16-31-28/h3,9-15,17-18,31H,1,4-8,16H2,2H3,(H,32,36)(H,34,35)/t17-/m1/s1. The maximum Gasteiger partial charge on any atom is 0.263 e. The van der Waals surface area contributed by atoms with Gasteiger partial charge in [0.25, 0.3) is 5.91 Å². The summed E-state index contributed by atoms with van der Waals surface area (Å²) in [4.78, 5) is 30.7. The highest BCUT2D eigenvalue weighted by Crippen LogP contribution is 2.42. The van der Waals surface area contributed by atoms with E-state index in [0.717, 1.165) is 61.3 Å². The van der Waals surface area contributed by atoms with Crippen LogP contribution in [0.2, 0.25) is 0 Å². The maximum atomic E-state index is 12.7. The van der Waals surface area contributed by atoms with Crippen LogP contribution in [0.15, 0.2) is 55.1 Å². The molecule has 1 fully saturated rings. The number of amides is 2. The fourth-order valence-electron chi connectivity index (χ4n) is 5.66. The van der Waals surface area contributed by atoms with E-state index in [9.17, 15) is 9.59 Å². The quantitative estimate of drug-likeness (QED) is 0.263. The molecule has 4 aromatic rings. The number of rotatable bonds is 4. The first-order valence-corrected chi connectivity index (χ1v) is 13.8. The zero-order chi connectivity index (χ0) is 25.5. The lowest BCUT2D eigenvalue weighted by atomic mass is 9.83. The van der Waals surface area contributed by atoms with E-state index in [1.54, 1.807) is 0 Å². The van der Waals surface area contributed by atoms with Crippen LogP contribution in [0.1, 0.15) is 60.2 Å². The first-order valence-electron chi connectivity index (χ1n) is 13.0. The van der Waals surface area contributed by atoms with Crippen molar-refractivity contribution in [1.82, 2.24) is 10.3 Å². The molecule has 0 radical (unpaired) electrons. The van der Waals surface area contributed by atoms with E-state index in [4.69, 9.17) is 4.98 Å². The number of aromatic nitrogens is 1. The van der Waals surface area contributed by atoms with Crippen molar-refractivity contribution in [3.05, 3.63) is 65.6 Å². The van der Waals surface area contributed by atoms with E-state index >= 15 is 0 Å². The number of pyridine rings is 1. The Morgan fingerprint density at radius 1 is 1.14 bits per heavy atom. The second kappa shape index (κ2) is 9.63. The van der Waals surface area contributed by atoms with Gasteiger partial charge in [-0.15, -0.1) is 11.3 Å². The number of hydrogen-bond donors (Lipinski definition) is 3. The average molecular weight is 511 g/mol. The molecule has 2 aromatic heterocycles. The molecule has 3 N–H and O–H groups in total. The highest BCUT2D eigenvalue weighted by molar-refractivity contribution is 7.21. The molecule has 6 rings (SSSR count). The van der Waals surface area contributed by atoms with Crippen molar-refractivity contribution < 1.29 is 9.59 Å². The predicted octanol–water partition coefficient (Wildman–Crippen LogP) is 6.83. The molecule has 1 aliphatic carbocycles. The van der Waals surface area contributed by atoms with Crippen LogP contribution in [0, 0.1) is 0 Å². The topological polar surface area (TPSA) is 83.1 Å². The van der Waals surface area contributed by atoms with E-state index in [0.29, 0.717) is 12.5 Å². The number of carbonyl (C=O) groups excluding carboxylic acids is 2. The fourth-order valence-corrected chi connectivity index (χ4v) is 6.76. The van der Waals surface area contributed by atoms with Crippen LogP contribution in [0.25, 0.3) is 32.2 Å². The fraction of sp³-hybridized carbons (Fsp3) is 0.300. The Morgan fingerprint density at radius 2 is 1.97 bits per heavy atom. The summed E-state index contributed by atoms with van der Waals surface area (Å²) in [5.41, 5.74) is 5.61. The maximum absolute atomic E-state index is 12.7. The minimum absolute atomic E-state index is 0.0291. The molecular weight excluding hydrogens is 480 g/mol. The van der Waals surface area contributed by atoms with Gasteiger partial charge in [0.05, 0.1) is 16.9 Å². The van der Waals surface area contributed by atoms with E-state index in [-0.39, 0.29) is 17.9 Å². The van der Waals surface area contributed by atoms with Crippen LogP contribution >= 0.6 is 11.3 Å². The molecule has 2 amide bonds. The molecule has 1 aliphatic heterocycles. The Hall–Kier alpha value is -3.71. The largest absolute Gasteiger partial charge is 0.381 e. The van der Waals surface area contributed by atoms with E-state index in [1.165, 1.54) is 42.2 Å². The summed E-state index contributed by atoms with van der Waals surface area (Å²) in [5.74, 6) is 0.229. The summed E-state index contributed by atoms with van der Waals surface area (Å²) in [5, 5.41) is 11.6. The van der Waals surface area contributed by atoms with Crippen molar-refractivity contribution in [3.8, 4) is 11.3 Å². The van der Waals surface area contributed by atoms with Crippen LogP contribution in [0.3, 0.4) is 0 Å². The summed E-state index contributed by atoms with van der Waals surface area (Å²) in [6.07, 6.45) is 7.35. The SMILES string of the molecule is C=CC(=O)Nc1cc(-c2ccc3c(ccc4sc5c(c43)NC[C@@H](C)NC5=O)n2)ccc1C1CCCCC1. The molecule has 0 bridgehead atoms. The lowest BCUT2D eigenvalue weighted by molar-refractivity contribution is -0.111. The van der Waals surface area contributed by atoms with Gasteiger partial charge in [0.2, 0.25) is 5.91 Å². The van der Waals surface area contributed by atoms with Crippen LogP contribution in [0.4, 0.5) is 11.4 Å². The van der Waals surface area contributed by atoms with Gasteiger partial charge in [-0.05, 0) is 67.7 Å². The second-order valence-electron chi connectivity index (χ2n) is 10.1. The molecule has 0 spiro atoms. The lowest BCUT2D eigenvalue weighted by Crippen LogP contribution is -2.34. The third kappa shape index (κ3) is 4.37. The molecule has 1 atom stereocenters. The number of fused-ring (bicyclic) bond motifs is 5. The van der Waals surface area contributed by atoms with Gasteiger partial charge in [0.15, 0.2) is 0 Å². The molecule has 37 heavy (non-hydrogen) atoms. The Morgan fingerprint density at radius 3 is 2.78 bits per heavy atom. The van der Waals surface area contributed by atoms with E-state index in [2.05, 4.69) is 40.7 Å². The first-order chi connectivity index (χ1) is 18.0. The molecule has 1 saturated carbocycles. The molecule has 0 unspecified atom stereocenters. The Labute approximate surface area is 220 Å².